The lowest BCUT2D eigenvalue weighted by molar-refractivity contribution is -0.141. The highest BCUT2D eigenvalue weighted by molar-refractivity contribution is 5.89. The van der Waals surface area contributed by atoms with Crippen molar-refractivity contribution in [2.24, 2.45) is 5.41 Å². The zero-order valence-electron chi connectivity index (χ0n) is 22.0. The quantitative estimate of drug-likeness (QED) is 0.370. The van der Waals surface area contributed by atoms with Crippen molar-refractivity contribution in [3.8, 4) is 11.5 Å². The molecule has 1 aromatic carbocycles. The largest absolute Gasteiger partial charge is 0.493 e. The molecule has 3 heterocycles. The Kier molecular flexibility index (Phi) is 7.82. The van der Waals surface area contributed by atoms with Crippen LogP contribution in [-0.2, 0) is 4.79 Å². The Morgan fingerprint density at radius 1 is 1.16 bits per heavy atom. The number of benzene rings is 1. The molecule has 2 fully saturated rings. The van der Waals surface area contributed by atoms with Crippen molar-refractivity contribution in [3.05, 3.63) is 47.2 Å². The van der Waals surface area contributed by atoms with Gasteiger partial charge in [0, 0.05) is 24.4 Å². The molecular formula is C27H35N3O8. The van der Waals surface area contributed by atoms with E-state index in [-0.39, 0.29) is 30.7 Å². The van der Waals surface area contributed by atoms with Crippen molar-refractivity contribution in [1.82, 2.24) is 9.88 Å². The van der Waals surface area contributed by atoms with E-state index in [4.69, 9.17) is 9.47 Å². The van der Waals surface area contributed by atoms with Crippen LogP contribution in [0.15, 0.2) is 30.3 Å². The number of nitrogens with zero attached hydrogens (tertiary/aromatic N) is 3. The van der Waals surface area contributed by atoms with Crippen LogP contribution < -0.4 is 14.4 Å². The van der Waals surface area contributed by atoms with Gasteiger partial charge in [-0.2, -0.15) is 0 Å². The molecule has 0 radical (unpaired) electrons. The molecule has 11 heteroatoms. The smallest absolute Gasteiger partial charge is 0.337 e. The van der Waals surface area contributed by atoms with E-state index in [0.29, 0.717) is 36.1 Å². The third-order valence-electron chi connectivity index (χ3n) is 7.81. The second-order valence-corrected chi connectivity index (χ2v) is 10.3. The summed E-state index contributed by atoms with van der Waals surface area (Å²) in [5.41, 5.74) is 0.794. The molecule has 38 heavy (non-hydrogen) atoms. The molecule has 2 aliphatic heterocycles. The number of aryl methyl sites for hydroxylation is 1. The minimum absolute atomic E-state index is 0.148. The minimum Gasteiger partial charge on any atom is -0.493 e. The average molecular weight is 530 g/mol. The number of ether oxygens (including phenoxy) is 2. The van der Waals surface area contributed by atoms with Crippen LogP contribution in [0.4, 0.5) is 5.82 Å². The van der Waals surface area contributed by atoms with Gasteiger partial charge in [-0.05, 0) is 43.7 Å². The normalized spacial score (nSPS) is 23.1. The van der Waals surface area contributed by atoms with E-state index < -0.39 is 36.1 Å². The van der Waals surface area contributed by atoms with Gasteiger partial charge in [-0.3, -0.25) is 4.79 Å². The summed E-state index contributed by atoms with van der Waals surface area (Å²) < 4.78 is 11.8. The SMILES string of the molecule is COc1ccc([C@@H]2CN(C(=O)[C@@H](O)CO)C[C@@]2(C)[C@@H](C)O)cc1OC1CN(c2ccc(C(=O)O)c(C)n2)C1. The van der Waals surface area contributed by atoms with Gasteiger partial charge in [-0.1, -0.05) is 13.0 Å². The molecule has 2 saturated heterocycles. The number of aromatic nitrogens is 1. The lowest BCUT2D eigenvalue weighted by atomic mass is 9.72. The van der Waals surface area contributed by atoms with Crippen molar-refractivity contribution in [3.63, 3.8) is 0 Å². The van der Waals surface area contributed by atoms with Crippen LogP contribution in [0.3, 0.4) is 0 Å². The van der Waals surface area contributed by atoms with Gasteiger partial charge in [-0.25, -0.2) is 9.78 Å². The number of likely N-dealkylation sites (tertiary alicyclic amines) is 1. The maximum Gasteiger partial charge on any atom is 0.337 e. The maximum atomic E-state index is 12.6. The molecule has 0 saturated carbocycles. The fourth-order valence-electron chi connectivity index (χ4n) is 5.21. The van der Waals surface area contributed by atoms with Crippen LogP contribution >= 0.6 is 0 Å². The van der Waals surface area contributed by atoms with Gasteiger partial charge in [0.05, 0.1) is 44.2 Å². The number of hydrogen-bond donors (Lipinski definition) is 4. The van der Waals surface area contributed by atoms with Gasteiger partial charge >= 0.3 is 5.97 Å². The highest BCUT2D eigenvalue weighted by atomic mass is 16.5. The van der Waals surface area contributed by atoms with E-state index in [9.17, 15) is 30.0 Å². The number of rotatable bonds is 9. The first-order valence-corrected chi connectivity index (χ1v) is 12.5. The van der Waals surface area contributed by atoms with E-state index in [0.717, 1.165) is 5.56 Å². The van der Waals surface area contributed by atoms with Gasteiger partial charge in [0.2, 0.25) is 0 Å². The molecule has 11 nitrogen and oxygen atoms in total. The Balaban J connectivity index is 1.51. The number of aliphatic hydroxyl groups excluding tert-OH is 3. The van der Waals surface area contributed by atoms with E-state index in [1.807, 2.05) is 24.0 Å². The number of amides is 1. The standard InChI is InChI=1S/C27H35N3O8/c1-15-19(26(35)36)6-8-24(28-15)29-10-18(11-29)38-23-9-17(5-7-22(23)37-4)20-12-30(25(34)21(33)13-31)14-27(20,3)16(2)32/h5-9,16,18,20-21,31-33H,10-14H2,1-4H3,(H,35,36)/t16-,20+,21+,27+/m1/s1. The van der Waals surface area contributed by atoms with Crippen molar-refractivity contribution in [2.75, 3.05) is 44.8 Å². The molecule has 4 rings (SSSR count). The summed E-state index contributed by atoms with van der Waals surface area (Å²) in [6, 6.07) is 8.79. The maximum absolute atomic E-state index is 12.6. The molecule has 2 aliphatic rings. The predicted octanol–water partition coefficient (Wildman–Crippen LogP) is 1.03. The van der Waals surface area contributed by atoms with Gasteiger partial charge in [0.1, 0.15) is 11.9 Å². The van der Waals surface area contributed by atoms with E-state index in [1.165, 1.54) is 4.90 Å². The average Bonchev–Trinajstić information content (AvgIpc) is 3.23. The first kappa shape index (κ1) is 27.6. The Morgan fingerprint density at radius 3 is 2.45 bits per heavy atom. The first-order chi connectivity index (χ1) is 18.0. The second kappa shape index (κ2) is 10.8. The Morgan fingerprint density at radius 2 is 1.87 bits per heavy atom. The van der Waals surface area contributed by atoms with Gasteiger partial charge in [-0.15, -0.1) is 0 Å². The van der Waals surface area contributed by atoms with Gasteiger partial charge in [0.25, 0.3) is 5.91 Å². The molecule has 0 spiro atoms. The molecule has 4 atom stereocenters. The van der Waals surface area contributed by atoms with E-state index >= 15 is 0 Å². The number of carbonyl (C=O) groups excluding carboxylic acids is 1. The van der Waals surface area contributed by atoms with Gasteiger partial charge < -0.3 is 39.7 Å². The summed E-state index contributed by atoms with van der Waals surface area (Å²) in [7, 11) is 1.55. The van der Waals surface area contributed by atoms with Gasteiger partial charge in [0.15, 0.2) is 17.6 Å². The number of aliphatic hydroxyl groups is 3. The summed E-state index contributed by atoms with van der Waals surface area (Å²) in [5, 5.41) is 39.0. The molecule has 1 aromatic heterocycles. The number of carbonyl (C=O) groups is 2. The van der Waals surface area contributed by atoms with Crippen LogP contribution in [0.25, 0.3) is 0 Å². The van der Waals surface area contributed by atoms with Crippen LogP contribution in [-0.4, -0.2) is 100 Å². The number of hydrogen-bond acceptors (Lipinski definition) is 9. The van der Waals surface area contributed by atoms with E-state index in [1.54, 1.807) is 39.2 Å². The summed E-state index contributed by atoms with van der Waals surface area (Å²) in [6.45, 7) is 6.22. The number of carboxylic acids is 1. The van der Waals surface area contributed by atoms with Crippen molar-refractivity contribution >= 4 is 17.7 Å². The molecular weight excluding hydrogens is 494 g/mol. The minimum atomic E-state index is -1.50. The Hall–Kier alpha value is -3.41. The van der Waals surface area contributed by atoms with E-state index in [2.05, 4.69) is 4.98 Å². The van der Waals surface area contributed by atoms with Crippen molar-refractivity contribution in [1.29, 1.82) is 0 Å². The third kappa shape index (κ3) is 5.13. The van der Waals surface area contributed by atoms with Crippen LogP contribution in [0.1, 0.15) is 41.4 Å². The number of aromatic carboxylic acids is 1. The summed E-state index contributed by atoms with van der Waals surface area (Å²) in [4.78, 5) is 31.7. The Labute approximate surface area is 221 Å². The monoisotopic (exact) mass is 529 g/mol. The zero-order chi connectivity index (χ0) is 27.8. The van der Waals surface area contributed by atoms with Crippen LogP contribution in [0.5, 0.6) is 11.5 Å². The fourth-order valence-corrected chi connectivity index (χ4v) is 5.21. The van der Waals surface area contributed by atoms with Crippen molar-refractivity contribution in [2.45, 2.75) is 45.0 Å². The molecule has 0 unspecified atom stereocenters. The van der Waals surface area contributed by atoms with Crippen LogP contribution in [0.2, 0.25) is 0 Å². The second-order valence-electron chi connectivity index (χ2n) is 10.3. The lowest BCUT2D eigenvalue weighted by Crippen LogP contribution is -2.54. The number of carboxylic acid groups (broad SMARTS) is 1. The first-order valence-electron chi connectivity index (χ1n) is 12.5. The zero-order valence-corrected chi connectivity index (χ0v) is 22.0. The highest BCUT2D eigenvalue weighted by Gasteiger charge is 2.49. The fraction of sp³-hybridized carbons (Fsp3) is 0.519. The molecule has 4 N–H and O–H groups in total. The number of methoxy groups -OCH3 is 1. The summed E-state index contributed by atoms with van der Waals surface area (Å²) >= 11 is 0. The highest BCUT2D eigenvalue weighted by Crippen LogP contribution is 2.47. The Bertz CT molecular complexity index is 1200. The third-order valence-corrected chi connectivity index (χ3v) is 7.81. The summed E-state index contributed by atoms with van der Waals surface area (Å²) in [6.07, 6.45) is -2.39. The topological polar surface area (TPSA) is 153 Å². The lowest BCUT2D eigenvalue weighted by Gasteiger charge is -2.40. The summed E-state index contributed by atoms with van der Waals surface area (Å²) in [5.74, 6) is -0.0588. The predicted molar refractivity (Wildman–Crippen MR) is 138 cm³/mol. The van der Waals surface area contributed by atoms with Crippen LogP contribution in [0, 0.1) is 12.3 Å². The van der Waals surface area contributed by atoms with Crippen molar-refractivity contribution < 1.29 is 39.5 Å². The molecule has 2 aromatic rings. The molecule has 1 amide bonds. The number of pyridine rings is 1. The molecule has 0 aliphatic carbocycles. The number of anilines is 1. The molecule has 206 valence electrons. The molecule has 0 bridgehead atoms.